The van der Waals surface area contributed by atoms with Crippen molar-refractivity contribution in [1.82, 2.24) is 19.9 Å². The highest BCUT2D eigenvalue weighted by Gasteiger charge is 2.20. The third-order valence-corrected chi connectivity index (χ3v) is 4.06. The molecule has 1 N–H and O–H groups in total. The first kappa shape index (κ1) is 15.8. The fourth-order valence-corrected chi connectivity index (χ4v) is 2.80. The Morgan fingerprint density at radius 3 is 3.09 bits per heavy atom. The Hall–Kier alpha value is -2.05. The predicted octanol–water partition coefficient (Wildman–Crippen LogP) is 1.31. The Kier molecular flexibility index (Phi) is 5.15. The second-order valence-electron chi connectivity index (χ2n) is 5.98. The summed E-state index contributed by atoms with van der Waals surface area (Å²) < 4.78 is 5.85. The van der Waals surface area contributed by atoms with Crippen LogP contribution in [-0.2, 0) is 17.7 Å². The van der Waals surface area contributed by atoms with Crippen LogP contribution in [0.3, 0.4) is 0 Å². The first-order chi connectivity index (χ1) is 11.2. The van der Waals surface area contributed by atoms with Gasteiger partial charge in [0.25, 0.3) is 5.56 Å². The van der Waals surface area contributed by atoms with Crippen molar-refractivity contribution in [2.45, 2.75) is 32.4 Å². The fraction of sp³-hybridized carbons (Fsp3) is 0.471. The number of hydrogen-bond donors (Lipinski definition) is 1. The van der Waals surface area contributed by atoms with Gasteiger partial charge in [-0.3, -0.25) is 14.7 Å². The lowest BCUT2D eigenvalue weighted by molar-refractivity contribution is -0.0347. The molecule has 3 rings (SSSR count). The summed E-state index contributed by atoms with van der Waals surface area (Å²) in [6.45, 7) is 5.48. The van der Waals surface area contributed by atoms with Gasteiger partial charge in [0.2, 0.25) is 0 Å². The molecule has 0 saturated carbocycles. The van der Waals surface area contributed by atoms with Crippen LogP contribution >= 0.6 is 0 Å². The molecule has 1 atom stereocenters. The number of nitrogens with one attached hydrogen (secondary N) is 1. The van der Waals surface area contributed by atoms with Crippen LogP contribution < -0.4 is 5.56 Å². The van der Waals surface area contributed by atoms with E-state index in [1.165, 1.54) is 11.9 Å². The largest absolute Gasteiger partial charge is 0.376 e. The summed E-state index contributed by atoms with van der Waals surface area (Å²) in [5.41, 5.74) is 2.98. The SMILES string of the molecule is Cc1ccc(CN2CCO[C@H](CCc3cc(=O)[nH]cn3)C2)cn1. The van der Waals surface area contributed by atoms with Gasteiger partial charge < -0.3 is 9.72 Å². The highest BCUT2D eigenvalue weighted by atomic mass is 16.5. The van der Waals surface area contributed by atoms with Crippen LogP contribution in [0, 0.1) is 6.92 Å². The van der Waals surface area contributed by atoms with Gasteiger partial charge >= 0.3 is 0 Å². The van der Waals surface area contributed by atoms with E-state index in [2.05, 4.69) is 25.9 Å². The topological polar surface area (TPSA) is 71.1 Å². The molecule has 2 aromatic heterocycles. The number of rotatable bonds is 5. The lowest BCUT2D eigenvalue weighted by Gasteiger charge is -2.33. The van der Waals surface area contributed by atoms with Crippen molar-refractivity contribution in [3.05, 3.63) is 58.0 Å². The van der Waals surface area contributed by atoms with Crippen molar-refractivity contribution in [2.24, 2.45) is 0 Å². The summed E-state index contributed by atoms with van der Waals surface area (Å²) in [4.78, 5) is 24.7. The van der Waals surface area contributed by atoms with Crippen LogP contribution in [0.15, 0.2) is 35.5 Å². The van der Waals surface area contributed by atoms with Crippen molar-refractivity contribution in [2.75, 3.05) is 19.7 Å². The van der Waals surface area contributed by atoms with Gasteiger partial charge in [-0.1, -0.05) is 6.07 Å². The molecule has 1 aliphatic rings. The third-order valence-electron chi connectivity index (χ3n) is 4.06. The van der Waals surface area contributed by atoms with Crippen molar-refractivity contribution in [3.8, 4) is 0 Å². The number of aromatic nitrogens is 3. The predicted molar refractivity (Wildman–Crippen MR) is 87.2 cm³/mol. The quantitative estimate of drug-likeness (QED) is 0.901. The number of morpholine rings is 1. The summed E-state index contributed by atoms with van der Waals surface area (Å²) in [7, 11) is 0. The average molecular weight is 314 g/mol. The van der Waals surface area contributed by atoms with Crippen molar-refractivity contribution >= 4 is 0 Å². The van der Waals surface area contributed by atoms with Crippen LogP contribution in [0.4, 0.5) is 0 Å². The Balaban J connectivity index is 1.51. The first-order valence-corrected chi connectivity index (χ1v) is 7.98. The van der Waals surface area contributed by atoms with Gasteiger partial charge in [0.15, 0.2) is 0 Å². The molecular weight excluding hydrogens is 292 g/mol. The molecule has 0 unspecified atom stereocenters. The molecule has 0 aliphatic carbocycles. The normalized spacial score (nSPS) is 18.9. The molecular formula is C17H22N4O2. The maximum atomic E-state index is 11.3. The number of aryl methyl sites for hydroxylation is 2. The monoisotopic (exact) mass is 314 g/mol. The van der Waals surface area contributed by atoms with Crippen LogP contribution in [-0.4, -0.2) is 45.7 Å². The van der Waals surface area contributed by atoms with E-state index in [4.69, 9.17) is 4.74 Å². The van der Waals surface area contributed by atoms with E-state index in [0.717, 1.165) is 50.5 Å². The Labute approximate surface area is 135 Å². The minimum atomic E-state index is -0.104. The smallest absolute Gasteiger partial charge is 0.250 e. The molecule has 0 spiro atoms. The standard InChI is InChI=1S/C17H22N4O2/c1-13-2-3-14(9-18-13)10-21-6-7-23-16(11-21)5-4-15-8-17(22)20-12-19-15/h2-3,8-9,12,16H,4-7,10-11H2,1H3,(H,19,20,22)/t16-/m1/s1. The van der Waals surface area contributed by atoms with Crippen molar-refractivity contribution < 1.29 is 4.74 Å². The molecule has 0 aromatic carbocycles. The average Bonchev–Trinajstić information content (AvgIpc) is 2.56. The summed E-state index contributed by atoms with van der Waals surface area (Å²) in [5, 5.41) is 0. The molecule has 6 nitrogen and oxygen atoms in total. The minimum absolute atomic E-state index is 0.104. The van der Waals surface area contributed by atoms with Gasteiger partial charge in [0.05, 0.1) is 19.0 Å². The third kappa shape index (κ3) is 4.71. The van der Waals surface area contributed by atoms with E-state index in [1.54, 1.807) is 6.07 Å². The van der Waals surface area contributed by atoms with Gasteiger partial charge in [0.1, 0.15) is 0 Å². The molecule has 3 heterocycles. The van der Waals surface area contributed by atoms with Crippen LogP contribution in [0.5, 0.6) is 0 Å². The molecule has 1 aliphatic heterocycles. The van der Waals surface area contributed by atoms with E-state index in [9.17, 15) is 4.79 Å². The zero-order chi connectivity index (χ0) is 16.1. The highest BCUT2D eigenvalue weighted by Crippen LogP contribution is 2.14. The van der Waals surface area contributed by atoms with Gasteiger partial charge in [0, 0.05) is 43.3 Å². The summed E-state index contributed by atoms with van der Waals surface area (Å²) in [5.74, 6) is 0. The van der Waals surface area contributed by atoms with Gasteiger partial charge in [-0.05, 0) is 31.4 Å². The summed E-state index contributed by atoms with van der Waals surface area (Å²) in [6, 6.07) is 5.73. The lowest BCUT2D eigenvalue weighted by Crippen LogP contribution is -2.42. The number of hydrogen-bond acceptors (Lipinski definition) is 5. The number of aromatic amines is 1. The molecule has 1 fully saturated rings. The van der Waals surface area contributed by atoms with E-state index in [-0.39, 0.29) is 11.7 Å². The summed E-state index contributed by atoms with van der Waals surface area (Å²) >= 11 is 0. The van der Waals surface area contributed by atoms with Gasteiger partial charge in [-0.25, -0.2) is 4.98 Å². The van der Waals surface area contributed by atoms with E-state index >= 15 is 0 Å². The molecule has 0 amide bonds. The first-order valence-electron chi connectivity index (χ1n) is 7.98. The Morgan fingerprint density at radius 2 is 2.30 bits per heavy atom. The van der Waals surface area contributed by atoms with Crippen LogP contribution in [0.1, 0.15) is 23.4 Å². The van der Waals surface area contributed by atoms with Gasteiger partial charge in [-0.15, -0.1) is 0 Å². The zero-order valence-corrected chi connectivity index (χ0v) is 13.4. The lowest BCUT2D eigenvalue weighted by atomic mass is 10.1. The minimum Gasteiger partial charge on any atom is -0.376 e. The zero-order valence-electron chi connectivity index (χ0n) is 13.4. The highest BCUT2D eigenvalue weighted by molar-refractivity contribution is 5.13. The van der Waals surface area contributed by atoms with Crippen LogP contribution in [0.25, 0.3) is 0 Å². The van der Waals surface area contributed by atoms with Gasteiger partial charge in [-0.2, -0.15) is 0 Å². The summed E-state index contributed by atoms with van der Waals surface area (Å²) in [6.07, 6.45) is 5.21. The molecule has 0 radical (unpaired) electrons. The number of H-pyrrole nitrogens is 1. The van der Waals surface area contributed by atoms with E-state index in [1.807, 2.05) is 19.2 Å². The van der Waals surface area contributed by atoms with Crippen LogP contribution in [0.2, 0.25) is 0 Å². The Bertz CT molecular complexity index is 683. The maximum Gasteiger partial charge on any atom is 0.250 e. The maximum absolute atomic E-state index is 11.3. The van der Waals surface area contributed by atoms with Crippen molar-refractivity contribution in [3.63, 3.8) is 0 Å². The van der Waals surface area contributed by atoms with Crippen molar-refractivity contribution in [1.29, 1.82) is 0 Å². The second kappa shape index (κ2) is 7.48. The Morgan fingerprint density at radius 1 is 1.39 bits per heavy atom. The molecule has 0 bridgehead atoms. The number of ether oxygens (including phenoxy) is 1. The second-order valence-corrected chi connectivity index (χ2v) is 5.98. The molecule has 122 valence electrons. The fourth-order valence-electron chi connectivity index (χ4n) is 2.80. The molecule has 1 saturated heterocycles. The number of pyridine rings is 1. The number of nitrogens with zero attached hydrogens (tertiary/aromatic N) is 3. The molecule has 23 heavy (non-hydrogen) atoms. The van der Waals surface area contributed by atoms with E-state index < -0.39 is 0 Å². The van der Waals surface area contributed by atoms with E-state index in [0.29, 0.717) is 0 Å². The molecule has 2 aromatic rings. The molecule has 6 heteroatoms.